The van der Waals surface area contributed by atoms with Gasteiger partial charge in [0.2, 0.25) is 0 Å². The van der Waals surface area contributed by atoms with E-state index in [1.807, 2.05) is 0 Å². The Morgan fingerprint density at radius 1 is 1.14 bits per heavy atom. The number of amides is 2. The van der Waals surface area contributed by atoms with Crippen LogP contribution >= 0.6 is 24.0 Å². The summed E-state index contributed by atoms with van der Waals surface area (Å²) in [5, 5.41) is 25.8. The van der Waals surface area contributed by atoms with Crippen molar-refractivity contribution in [2.45, 2.75) is 25.4 Å². The van der Waals surface area contributed by atoms with Gasteiger partial charge in [0.25, 0.3) is 11.8 Å². The summed E-state index contributed by atoms with van der Waals surface area (Å²) in [7, 11) is 0. The number of hydrogen-bond acceptors (Lipinski definition) is 7. The van der Waals surface area contributed by atoms with Gasteiger partial charge < -0.3 is 26.2 Å². The molecule has 0 spiro atoms. The average Bonchev–Trinajstić information content (AvgIpc) is 3.12. The highest BCUT2D eigenvalue weighted by atomic mass is 32.2. The zero-order valence-corrected chi connectivity index (χ0v) is 19.7. The molecule has 2 aromatic rings. The largest absolute Gasteiger partial charge is 0.481 e. The molecule has 0 bridgehead atoms. The first kappa shape index (κ1) is 25.8. The SMILES string of the molecule is O=C(O)CC[C@@H](NC(=O)c1cc(CNc2ccc(/C=C3\SC(=S)NC3=O)cc2)ccc1F)C(=O)O. The summed E-state index contributed by atoms with van der Waals surface area (Å²) in [6.45, 7) is 0.245. The van der Waals surface area contributed by atoms with Crippen molar-refractivity contribution in [2.24, 2.45) is 0 Å². The lowest BCUT2D eigenvalue weighted by molar-refractivity contribution is -0.140. The van der Waals surface area contributed by atoms with E-state index < -0.39 is 36.1 Å². The van der Waals surface area contributed by atoms with Crippen molar-refractivity contribution in [1.29, 1.82) is 0 Å². The monoisotopic (exact) mass is 517 g/mol. The molecule has 0 aromatic heterocycles. The van der Waals surface area contributed by atoms with Crippen LogP contribution in [0.1, 0.15) is 34.3 Å². The van der Waals surface area contributed by atoms with Crippen LogP contribution in [0.5, 0.6) is 0 Å². The lowest BCUT2D eigenvalue weighted by Gasteiger charge is -2.15. The van der Waals surface area contributed by atoms with E-state index in [4.69, 9.17) is 17.3 Å². The van der Waals surface area contributed by atoms with E-state index >= 15 is 0 Å². The molecule has 0 saturated carbocycles. The Bertz CT molecular complexity index is 1220. The van der Waals surface area contributed by atoms with Gasteiger partial charge >= 0.3 is 11.9 Å². The number of carboxylic acid groups (broad SMARTS) is 2. The number of thioether (sulfide) groups is 1. The third-order valence-corrected chi connectivity index (χ3v) is 6.04. The minimum atomic E-state index is -1.46. The van der Waals surface area contributed by atoms with Gasteiger partial charge in [-0.1, -0.05) is 42.2 Å². The number of carboxylic acids is 2. The van der Waals surface area contributed by atoms with Crippen molar-refractivity contribution < 1.29 is 33.8 Å². The molecule has 0 radical (unpaired) electrons. The maximum atomic E-state index is 14.2. The van der Waals surface area contributed by atoms with Crippen LogP contribution in [-0.4, -0.2) is 44.3 Å². The summed E-state index contributed by atoms with van der Waals surface area (Å²) in [5.74, 6) is -4.64. The van der Waals surface area contributed by atoms with Crippen LogP contribution in [0.2, 0.25) is 0 Å². The van der Waals surface area contributed by atoms with Gasteiger partial charge in [-0.2, -0.15) is 0 Å². The number of thiocarbonyl (C=S) groups is 1. The second kappa shape index (κ2) is 11.6. The number of halogens is 1. The number of anilines is 1. The van der Waals surface area contributed by atoms with Crippen molar-refractivity contribution in [1.82, 2.24) is 10.6 Å². The van der Waals surface area contributed by atoms with Gasteiger partial charge in [-0.05, 0) is 47.9 Å². The smallest absolute Gasteiger partial charge is 0.326 e. The molecule has 35 heavy (non-hydrogen) atoms. The van der Waals surface area contributed by atoms with Gasteiger partial charge in [0.15, 0.2) is 0 Å². The predicted molar refractivity (Wildman–Crippen MR) is 132 cm³/mol. The zero-order valence-electron chi connectivity index (χ0n) is 18.0. The van der Waals surface area contributed by atoms with E-state index in [-0.39, 0.29) is 24.4 Å². The van der Waals surface area contributed by atoms with E-state index in [9.17, 15) is 28.7 Å². The summed E-state index contributed by atoms with van der Waals surface area (Å²) in [5.41, 5.74) is 1.75. The molecule has 2 aromatic carbocycles. The van der Waals surface area contributed by atoms with Crippen LogP contribution in [-0.2, 0) is 20.9 Å². The highest BCUT2D eigenvalue weighted by Gasteiger charge is 2.24. The molecule has 1 atom stereocenters. The number of carbonyl (C=O) groups is 4. The molecule has 5 N–H and O–H groups in total. The molecule has 1 aliphatic rings. The van der Waals surface area contributed by atoms with Crippen molar-refractivity contribution >= 4 is 63.8 Å². The van der Waals surface area contributed by atoms with E-state index in [0.717, 1.165) is 17.3 Å². The van der Waals surface area contributed by atoms with E-state index in [1.54, 1.807) is 30.3 Å². The molecule has 12 heteroatoms. The van der Waals surface area contributed by atoms with Gasteiger partial charge in [0.05, 0.1) is 10.5 Å². The van der Waals surface area contributed by atoms with E-state index in [0.29, 0.717) is 14.8 Å². The summed E-state index contributed by atoms with van der Waals surface area (Å²) in [6, 6.07) is 9.61. The molecule has 1 aliphatic heterocycles. The third kappa shape index (κ3) is 7.36. The maximum absolute atomic E-state index is 14.2. The zero-order chi connectivity index (χ0) is 25.5. The lowest BCUT2D eigenvalue weighted by atomic mass is 10.1. The van der Waals surface area contributed by atoms with Gasteiger partial charge in [-0.25, -0.2) is 9.18 Å². The van der Waals surface area contributed by atoms with Gasteiger partial charge in [-0.3, -0.25) is 14.4 Å². The van der Waals surface area contributed by atoms with Gasteiger partial charge in [-0.15, -0.1) is 0 Å². The highest BCUT2D eigenvalue weighted by Crippen LogP contribution is 2.26. The standard InChI is InChI=1S/C23H20FN3O6S2/c24-16-6-3-13(9-15(16)20(30)26-17(22(32)33)7-8-19(28)29)11-25-14-4-1-12(2-5-14)10-18-21(31)27-23(34)35-18/h1-6,9-10,17,25H,7-8,11H2,(H,26,30)(H,28,29)(H,32,33)(H,27,31,34)/b18-10-/t17-/m1/s1. The second-order valence-electron chi connectivity index (χ2n) is 7.44. The van der Waals surface area contributed by atoms with Crippen molar-refractivity contribution in [3.63, 3.8) is 0 Å². The minimum absolute atomic E-state index is 0.241. The van der Waals surface area contributed by atoms with Gasteiger partial charge in [0.1, 0.15) is 16.2 Å². The normalized spacial score (nSPS) is 14.9. The Balaban J connectivity index is 1.63. The molecular weight excluding hydrogens is 497 g/mol. The topological polar surface area (TPSA) is 145 Å². The van der Waals surface area contributed by atoms with E-state index in [1.165, 1.54) is 23.9 Å². The Morgan fingerprint density at radius 2 is 1.86 bits per heavy atom. The number of hydrogen-bond donors (Lipinski definition) is 5. The predicted octanol–water partition coefficient (Wildman–Crippen LogP) is 2.97. The Labute approximate surface area is 208 Å². The molecule has 0 aliphatic carbocycles. The van der Waals surface area contributed by atoms with Crippen molar-refractivity contribution in [2.75, 3.05) is 5.32 Å². The fourth-order valence-electron chi connectivity index (χ4n) is 3.09. The number of benzene rings is 2. The first-order valence-corrected chi connectivity index (χ1v) is 11.5. The number of carbonyl (C=O) groups excluding carboxylic acids is 2. The van der Waals surface area contributed by atoms with E-state index in [2.05, 4.69) is 16.0 Å². The third-order valence-electron chi connectivity index (χ3n) is 4.87. The molecule has 1 saturated heterocycles. The van der Waals surface area contributed by atoms with Crippen molar-refractivity contribution in [3.05, 3.63) is 69.9 Å². The Kier molecular flexibility index (Phi) is 8.55. The Hall–Kier alpha value is -3.77. The number of nitrogens with one attached hydrogen (secondary N) is 3. The molecule has 2 amide bonds. The lowest BCUT2D eigenvalue weighted by Crippen LogP contribution is -2.41. The van der Waals surface area contributed by atoms with Crippen molar-refractivity contribution in [3.8, 4) is 0 Å². The Morgan fingerprint density at radius 3 is 2.46 bits per heavy atom. The fraction of sp³-hybridized carbons (Fsp3) is 0.174. The van der Waals surface area contributed by atoms with Crippen LogP contribution in [0.3, 0.4) is 0 Å². The number of rotatable bonds is 10. The first-order chi connectivity index (χ1) is 16.6. The summed E-state index contributed by atoms with van der Waals surface area (Å²) in [6.07, 6.45) is 0.926. The molecule has 1 heterocycles. The number of aliphatic carboxylic acids is 2. The average molecular weight is 518 g/mol. The second-order valence-corrected chi connectivity index (χ2v) is 9.16. The first-order valence-electron chi connectivity index (χ1n) is 10.2. The van der Waals surface area contributed by atoms with Crippen LogP contribution in [0.4, 0.5) is 10.1 Å². The van der Waals surface area contributed by atoms with Crippen LogP contribution in [0, 0.1) is 5.82 Å². The summed E-state index contributed by atoms with van der Waals surface area (Å²) < 4.78 is 14.7. The quantitative estimate of drug-likeness (QED) is 0.237. The molecule has 9 nitrogen and oxygen atoms in total. The molecule has 182 valence electrons. The van der Waals surface area contributed by atoms with Gasteiger partial charge in [0, 0.05) is 18.7 Å². The van der Waals surface area contributed by atoms with Crippen LogP contribution in [0.25, 0.3) is 6.08 Å². The molecule has 1 fully saturated rings. The molecular formula is C23H20FN3O6S2. The summed E-state index contributed by atoms with van der Waals surface area (Å²) >= 11 is 6.15. The molecule has 3 rings (SSSR count). The highest BCUT2D eigenvalue weighted by molar-refractivity contribution is 8.26. The summed E-state index contributed by atoms with van der Waals surface area (Å²) in [4.78, 5) is 46.7. The fourth-order valence-corrected chi connectivity index (χ4v) is 4.14. The van der Waals surface area contributed by atoms with Crippen LogP contribution < -0.4 is 16.0 Å². The molecule has 0 unspecified atom stereocenters. The maximum Gasteiger partial charge on any atom is 0.326 e. The minimum Gasteiger partial charge on any atom is -0.481 e. The van der Waals surface area contributed by atoms with Crippen LogP contribution in [0.15, 0.2) is 47.4 Å².